The van der Waals surface area contributed by atoms with Crippen LogP contribution in [-0.4, -0.2) is 30.1 Å². The summed E-state index contributed by atoms with van der Waals surface area (Å²) < 4.78 is 0. The highest BCUT2D eigenvalue weighted by molar-refractivity contribution is 5.97. The van der Waals surface area contributed by atoms with Crippen LogP contribution in [-0.2, 0) is 4.79 Å². The van der Waals surface area contributed by atoms with Gasteiger partial charge >= 0.3 is 0 Å². The van der Waals surface area contributed by atoms with Gasteiger partial charge in [-0.1, -0.05) is 26.7 Å². The number of carbonyl (C=O) groups is 2. The average Bonchev–Trinajstić information content (AvgIpc) is 3.04. The zero-order valence-corrected chi connectivity index (χ0v) is 15.3. The number of hydrogen-bond acceptors (Lipinski definition) is 3. The minimum atomic E-state index is -0.242. The van der Waals surface area contributed by atoms with Gasteiger partial charge in [-0.2, -0.15) is 0 Å². The van der Waals surface area contributed by atoms with Gasteiger partial charge in [-0.15, -0.1) is 0 Å². The third-order valence-electron chi connectivity index (χ3n) is 4.87. The van der Waals surface area contributed by atoms with Crippen molar-refractivity contribution in [2.24, 2.45) is 11.3 Å². The molecule has 0 bridgehead atoms. The Balaban J connectivity index is 1.98. The highest BCUT2D eigenvalue weighted by Crippen LogP contribution is 2.44. The van der Waals surface area contributed by atoms with Crippen molar-refractivity contribution >= 4 is 17.5 Å². The van der Waals surface area contributed by atoms with E-state index in [9.17, 15) is 9.59 Å². The molecular formula is C20H30N2O3. The quantitative estimate of drug-likeness (QED) is 0.632. The van der Waals surface area contributed by atoms with Crippen molar-refractivity contribution in [1.82, 2.24) is 5.32 Å². The highest BCUT2D eigenvalue weighted by atomic mass is 16.3. The molecule has 0 saturated heterocycles. The molecule has 3 N–H and O–H groups in total. The summed E-state index contributed by atoms with van der Waals surface area (Å²) in [7, 11) is 0. The summed E-state index contributed by atoms with van der Waals surface area (Å²) >= 11 is 0. The number of nitrogens with one attached hydrogen (secondary N) is 2. The first-order chi connectivity index (χ1) is 12.0. The van der Waals surface area contributed by atoms with Crippen molar-refractivity contribution < 1.29 is 14.7 Å². The maximum absolute atomic E-state index is 12.9. The van der Waals surface area contributed by atoms with E-state index in [-0.39, 0.29) is 23.8 Å². The molecule has 0 radical (unpaired) electrons. The minimum Gasteiger partial charge on any atom is -0.396 e. The van der Waals surface area contributed by atoms with Crippen molar-refractivity contribution in [3.63, 3.8) is 0 Å². The van der Waals surface area contributed by atoms with Crippen LogP contribution in [0.5, 0.6) is 0 Å². The number of rotatable bonds is 8. The molecule has 2 amide bonds. The highest BCUT2D eigenvalue weighted by Gasteiger charge is 2.41. The molecule has 1 saturated carbocycles. The van der Waals surface area contributed by atoms with Gasteiger partial charge < -0.3 is 15.7 Å². The van der Waals surface area contributed by atoms with Crippen LogP contribution in [0.2, 0.25) is 0 Å². The number of anilines is 1. The first-order valence-electron chi connectivity index (χ1n) is 9.27. The molecule has 0 aliphatic heterocycles. The van der Waals surface area contributed by atoms with E-state index in [2.05, 4.69) is 24.5 Å². The zero-order valence-electron chi connectivity index (χ0n) is 15.3. The van der Waals surface area contributed by atoms with Gasteiger partial charge in [0.05, 0.1) is 0 Å². The van der Waals surface area contributed by atoms with Crippen LogP contribution in [0.1, 0.15) is 62.7 Å². The summed E-state index contributed by atoms with van der Waals surface area (Å²) in [6.07, 6.45) is 5.62. The third kappa shape index (κ3) is 5.30. The molecule has 1 aromatic carbocycles. The lowest BCUT2D eigenvalue weighted by Gasteiger charge is -2.29. The largest absolute Gasteiger partial charge is 0.396 e. The van der Waals surface area contributed by atoms with Gasteiger partial charge in [0.1, 0.15) is 0 Å². The van der Waals surface area contributed by atoms with Crippen LogP contribution in [0.25, 0.3) is 0 Å². The normalized spacial score (nSPS) is 16.0. The number of amides is 2. The van der Waals surface area contributed by atoms with Gasteiger partial charge in [-0.25, -0.2) is 0 Å². The second-order valence-corrected chi connectivity index (χ2v) is 7.45. The maximum Gasteiger partial charge on any atom is 0.251 e. The van der Waals surface area contributed by atoms with Gasteiger partial charge in [0, 0.05) is 29.8 Å². The number of benzene rings is 1. The first kappa shape index (κ1) is 19.4. The maximum atomic E-state index is 12.9. The molecular weight excluding hydrogens is 316 g/mol. The van der Waals surface area contributed by atoms with Gasteiger partial charge in [0.15, 0.2) is 0 Å². The fourth-order valence-corrected chi connectivity index (χ4v) is 3.71. The molecule has 0 unspecified atom stereocenters. The van der Waals surface area contributed by atoms with E-state index in [1.165, 1.54) is 0 Å². The molecule has 0 atom stereocenters. The molecule has 0 aromatic heterocycles. The predicted molar refractivity (Wildman–Crippen MR) is 99.5 cm³/mol. The Kier molecular flexibility index (Phi) is 7.00. The average molecular weight is 346 g/mol. The van der Waals surface area contributed by atoms with Crippen LogP contribution in [0.4, 0.5) is 5.69 Å². The molecule has 5 nitrogen and oxygen atoms in total. The molecule has 1 aliphatic carbocycles. The van der Waals surface area contributed by atoms with E-state index in [4.69, 9.17) is 5.11 Å². The Bertz CT molecular complexity index is 575. The monoisotopic (exact) mass is 346 g/mol. The molecule has 1 aromatic rings. The lowest BCUT2D eigenvalue weighted by atomic mass is 9.77. The van der Waals surface area contributed by atoms with E-state index in [0.29, 0.717) is 24.4 Å². The van der Waals surface area contributed by atoms with Crippen LogP contribution in [0.15, 0.2) is 24.3 Å². The lowest BCUT2D eigenvalue weighted by Crippen LogP contribution is -2.35. The van der Waals surface area contributed by atoms with Gasteiger partial charge in [-0.3, -0.25) is 9.59 Å². The first-order valence-corrected chi connectivity index (χ1v) is 9.27. The van der Waals surface area contributed by atoms with Gasteiger partial charge in [0.25, 0.3) is 5.91 Å². The van der Waals surface area contributed by atoms with E-state index in [1.807, 2.05) is 0 Å². The molecule has 25 heavy (non-hydrogen) atoms. The zero-order chi connectivity index (χ0) is 18.3. The van der Waals surface area contributed by atoms with E-state index < -0.39 is 0 Å². The summed E-state index contributed by atoms with van der Waals surface area (Å²) in [5.41, 5.74) is 1.04. The summed E-state index contributed by atoms with van der Waals surface area (Å²) in [6.45, 7) is 4.84. The number of aliphatic hydroxyl groups excluding tert-OH is 1. The smallest absolute Gasteiger partial charge is 0.251 e. The topological polar surface area (TPSA) is 78.4 Å². The van der Waals surface area contributed by atoms with Crippen LogP contribution < -0.4 is 10.6 Å². The standard InChI is InChI=1S/C20H30N2O3/c1-15(2)14-20(10-3-4-11-20)19(25)22-17-8-6-16(7-9-17)18(24)21-12-5-13-23/h6-9,15,23H,3-5,10-14H2,1-2H3,(H,21,24)(H,22,25). The fourth-order valence-electron chi connectivity index (χ4n) is 3.71. The second-order valence-electron chi connectivity index (χ2n) is 7.45. The van der Waals surface area contributed by atoms with Crippen molar-refractivity contribution in [3.05, 3.63) is 29.8 Å². The molecule has 0 heterocycles. The SMILES string of the molecule is CC(C)CC1(C(=O)Nc2ccc(C(=O)NCCCO)cc2)CCCC1. The molecule has 0 spiro atoms. The molecule has 1 fully saturated rings. The Morgan fingerprint density at radius 2 is 1.80 bits per heavy atom. The molecule has 1 aliphatic rings. The van der Waals surface area contributed by atoms with Crippen LogP contribution in [0, 0.1) is 11.3 Å². The van der Waals surface area contributed by atoms with Crippen LogP contribution in [0.3, 0.4) is 0 Å². The van der Waals surface area contributed by atoms with E-state index in [0.717, 1.165) is 37.8 Å². The van der Waals surface area contributed by atoms with Gasteiger partial charge in [0.2, 0.25) is 5.91 Å². The van der Waals surface area contributed by atoms with Crippen molar-refractivity contribution in [1.29, 1.82) is 0 Å². The minimum absolute atomic E-state index is 0.0589. The number of carbonyl (C=O) groups excluding carboxylic acids is 2. The van der Waals surface area contributed by atoms with E-state index in [1.54, 1.807) is 24.3 Å². The fraction of sp³-hybridized carbons (Fsp3) is 0.600. The predicted octanol–water partition coefficient (Wildman–Crippen LogP) is 3.34. The summed E-state index contributed by atoms with van der Waals surface area (Å²) in [5, 5.41) is 14.5. The summed E-state index contributed by atoms with van der Waals surface area (Å²) in [4.78, 5) is 24.8. The van der Waals surface area contributed by atoms with Gasteiger partial charge in [-0.05, 0) is 55.9 Å². The lowest BCUT2D eigenvalue weighted by molar-refractivity contribution is -0.126. The molecule has 138 valence electrons. The second kappa shape index (κ2) is 8.99. The Labute approximate surface area is 150 Å². The number of aliphatic hydroxyl groups is 1. The van der Waals surface area contributed by atoms with Crippen LogP contribution >= 0.6 is 0 Å². The Morgan fingerprint density at radius 1 is 1.16 bits per heavy atom. The third-order valence-corrected chi connectivity index (χ3v) is 4.87. The molecule has 5 heteroatoms. The van der Waals surface area contributed by atoms with E-state index >= 15 is 0 Å². The van der Waals surface area contributed by atoms with Crippen molar-refractivity contribution in [2.75, 3.05) is 18.5 Å². The number of hydrogen-bond donors (Lipinski definition) is 3. The Hall–Kier alpha value is -1.88. The summed E-state index contributed by atoms with van der Waals surface area (Å²) in [6, 6.07) is 6.98. The van der Waals surface area contributed by atoms with Crippen molar-refractivity contribution in [3.8, 4) is 0 Å². The summed E-state index contributed by atoms with van der Waals surface area (Å²) in [5.74, 6) is 0.436. The Morgan fingerprint density at radius 3 is 2.36 bits per heavy atom. The molecule has 2 rings (SSSR count). The van der Waals surface area contributed by atoms with Crippen molar-refractivity contribution in [2.45, 2.75) is 52.4 Å².